The number of carboxylic acids is 1. The van der Waals surface area contributed by atoms with Gasteiger partial charge in [0.05, 0.1) is 23.6 Å². The number of ether oxygens (including phenoxy) is 2. The molecule has 0 radical (unpaired) electrons. The first-order valence-electron chi connectivity index (χ1n) is 15.9. The summed E-state index contributed by atoms with van der Waals surface area (Å²) in [5.41, 5.74) is 9.27. The van der Waals surface area contributed by atoms with Crippen molar-refractivity contribution in [2.75, 3.05) is 6.61 Å². The van der Waals surface area contributed by atoms with Crippen molar-refractivity contribution in [3.63, 3.8) is 0 Å². The number of aryl methyl sites for hydroxylation is 2. The smallest absolute Gasteiger partial charge is 0.337 e. The quantitative estimate of drug-likeness (QED) is 0.223. The Labute approximate surface area is 263 Å². The number of benzene rings is 3. The molecule has 1 N–H and O–H groups in total. The number of fused-ring (bicyclic) bond motifs is 8. The van der Waals surface area contributed by atoms with Gasteiger partial charge in [0.15, 0.2) is 11.8 Å². The molecule has 0 saturated heterocycles. The predicted molar refractivity (Wildman–Crippen MR) is 176 cm³/mol. The van der Waals surface area contributed by atoms with Crippen LogP contribution in [0.25, 0.3) is 39.3 Å². The van der Waals surface area contributed by atoms with E-state index in [0.29, 0.717) is 35.1 Å². The minimum atomic E-state index is -1.23. The summed E-state index contributed by atoms with van der Waals surface area (Å²) >= 11 is 0. The third-order valence-corrected chi connectivity index (χ3v) is 8.97. The van der Waals surface area contributed by atoms with Gasteiger partial charge in [0, 0.05) is 28.5 Å². The van der Waals surface area contributed by atoms with Crippen molar-refractivity contribution in [2.24, 2.45) is 0 Å². The standard InChI is InChI=1S/C38H39N3O4/c1-23-34(36(37(42)43)45-38(2,3)4)35-28-16-17-32-30(21-28)25(18-19-44-32)12-6-5-10-24-11-7-8-15-29(24)26-13-9-14-27(20-26)31-22-33(39-23)41(35)40-31/h7-9,11,13-17,20-22,25,36H,5-6,10,12,18-19H2,1-4H3,(H,42,43)/t25?,36-/m0/s1. The van der Waals surface area contributed by atoms with Gasteiger partial charge in [-0.25, -0.2) is 14.3 Å². The zero-order chi connectivity index (χ0) is 31.3. The van der Waals surface area contributed by atoms with E-state index in [-0.39, 0.29) is 0 Å². The van der Waals surface area contributed by atoms with Crippen LogP contribution in [0.4, 0.5) is 0 Å². The zero-order valence-electron chi connectivity index (χ0n) is 26.3. The van der Waals surface area contributed by atoms with E-state index in [4.69, 9.17) is 19.6 Å². The fourth-order valence-corrected chi connectivity index (χ4v) is 6.94. The molecular weight excluding hydrogens is 562 g/mol. The van der Waals surface area contributed by atoms with Gasteiger partial charge >= 0.3 is 5.97 Å². The highest BCUT2D eigenvalue weighted by molar-refractivity contribution is 5.82. The van der Waals surface area contributed by atoms with Gasteiger partial charge in [-0.3, -0.25) is 0 Å². The van der Waals surface area contributed by atoms with Gasteiger partial charge in [-0.1, -0.05) is 48.9 Å². The lowest BCUT2D eigenvalue weighted by Gasteiger charge is -2.29. The van der Waals surface area contributed by atoms with Crippen molar-refractivity contribution in [1.82, 2.24) is 14.6 Å². The van der Waals surface area contributed by atoms with Gasteiger partial charge in [0.1, 0.15) is 5.75 Å². The summed E-state index contributed by atoms with van der Waals surface area (Å²) < 4.78 is 14.2. The van der Waals surface area contributed by atoms with Gasteiger partial charge in [-0.2, -0.15) is 5.10 Å². The summed E-state index contributed by atoms with van der Waals surface area (Å²) in [6.45, 7) is 8.17. The van der Waals surface area contributed by atoms with Crippen LogP contribution in [0.3, 0.4) is 0 Å². The van der Waals surface area contributed by atoms with Gasteiger partial charge in [-0.15, -0.1) is 0 Å². The third-order valence-electron chi connectivity index (χ3n) is 8.97. The average molecular weight is 602 g/mol. The number of rotatable bonds is 3. The molecule has 0 aliphatic carbocycles. The van der Waals surface area contributed by atoms with E-state index in [2.05, 4.69) is 54.6 Å². The maximum absolute atomic E-state index is 12.9. The van der Waals surface area contributed by atoms with Crippen LogP contribution in [0.2, 0.25) is 0 Å². The lowest BCUT2D eigenvalue weighted by Crippen LogP contribution is -2.29. The van der Waals surface area contributed by atoms with Crippen molar-refractivity contribution >= 4 is 11.6 Å². The van der Waals surface area contributed by atoms with Crippen LogP contribution >= 0.6 is 0 Å². The first-order chi connectivity index (χ1) is 21.7. The van der Waals surface area contributed by atoms with E-state index in [1.165, 1.54) is 16.7 Å². The molecule has 0 saturated carbocycles. The number of hydrogen-bond acceptors (Lipinski definition) is 5. The number of aliphatic carboxylic acids is 1. The van der Waals surface area contributed by atoms with E-state index in [9.17, 15) is 9.90 Å². The summed E-state index contributed by atoms with van der Waals surface area (Å²) in [6, 6.07) is 25.4. The normalized spacial score (nSPS) is 16.9. The number of nitrogens with zero attached hydrogens (tertiary/aromatic N) is 3. The predicted octanol–water partition coefficient (Wildman–Crippen LogP) is 8.57. The second kappa shape index (κ2) is 11.5. The Kier molecular flexibility index (Phi) is 7.44. The molecule has 2 atom stereocenters. The summed E-state index contributed by atoms with van der Waals surface area (Å²) in [7, 11) is 0. The highest BCUT2D eigenvalue weighted by atomic mass is 16.5. The van der Waals surface area contributed by atoms with Crippen LogP contribution in [0.15, 0.2) is 72.8 Å². The van der Waals surface area contributed by atoms with Crippen molar-refractivity contribution in [3.8, 4) is 39.4 Å². The highest BCUT2D eigenvalue weighted by Crippen LogP contribution is 2.42. The molecular formula is C38H39N3O4. The molecule has 6 bridgehead atoms. The minimum absolute atomic E-state index is 0.353. The molecule has 0 fully saturated rings. The summed E-state index contributed by atoms with van der Waals surface area (Å²) in [5.74, 6) is 0.192. The van der Waals surface area contributed by atoms with Crippen LogP contribution in [0.1, 0.15) is 80.9 Å². The second-order valence-corrected chi connectivity index (χ2v) is 13.3. The SMILES string of the molecule is Cc1nc2cc3nn2c(c1[C@H](OC(C)(C)C)C(=O)O)-c1ccc2c(c1)C(CCCCc1ccccc1-c1cccc-3c1)CCO2. The monoisotopic (exact) mass is 601 g/mol. The Balaban J connectivity index is 1.51. The number of aromatic nitrogens is 3. The largest absolute Gasteiger partial charge is 0.493 e. The second-order valence-electron chi connectivity index (χ2n) is 13.3. The molecule has 2 aromatic heterocycles. The summed E-state index contributed by atoms with van der Waals surface area (Å²) in [5, 5.41) is 15.6. The maximum atomic E-state index is 12.9. The lowest BCUT2D eigenvalue weighted by atomic mass is 9.86. The molecule has 230 valence electrons. The summed E-state index contributed by atoms with van der Waals surface area (Å²) in [6.07, 6.45) is 4.00. The molecule has 7 rings (SSSR count). The van der Waals surface area contributed by atoms with Crippen molar-refractivity contribution in [2.45, 2.75) is 77.4 Å². The molecule has 2 aliphatic rings. The van der Waals surface area contributed by atoms with E-state index in [1.54, 1.807) is 4.52 Å². The van der Waals surface area contributed by atoms with E-state index in [1.807, 2.05) is 45.9 Å². The van der Waals surface area contributed by atoms with Gasteiger partial charge in [0.2, 0.25) is 0 Å². The molecule has 1 unspecified atom stereocenters. The van der Waals surface area contributed by atoms with Gasteiger partial charge in [0.25, 0.3) is 0 Å². The first kappa shape index (κ1) is 29.2. The molecule has 5 aromatic rings. The van der Waals surface area contributed by atoms with Gasteiger partial charge < -0.3 is 14.6 Å². The summed E-state index contributed by atoms with van der Waals surface area (Å²) in [4.78, 5) is 17.8. The fraction of sp³-hybridized carbons (Fsp3) is 0.342. The first-order valence-corrected chi connectivity index (χ1v) is 15.9. The van der Waals surface area contributed by atoms with E-state index in [0.717, 1.165) is 60.2 Å². The van der Waals surface area contributed by atoms with Crippen LogP contribution < -0.4 is 4.74 Å². The van der Waals surface area contributed by atoms with Crippen LogP contribution in [-0.2, 0) is 16.0 Å². The molecule has 45 heavy (non-hydrogen) atoms. The molecule has 3 aromatic carbocycles. The molecule has 2 aliphatic heterocycles. The molecule has 0 amide bonds. The Hall–Kier alpha value is -4.49. The molecule has 0 spiro atoms. The zero-order valence-corrected chi connectivity index (χ0v) is 26.3. The molecule has 7 nitrogen and oxygen atoms in total. The molecule has 4 heterocycles. The van der Waals surface area contributed by atoms with E-state index < -0.39 is 17.7 Å². The fourth-order valence-electron chi connectivity index (χ4n) is 6.94. The van der Waals surface area contributed by atoms with E-state index >= 15 is 0 Å². The Morgan fingerprint density at radius 3 is 2.62 bits per heavy atom. The molecule has 7 heteroatoms. The number of carbonyl (C=O) groups is 1. The van der Waals surface area contributed by atoms with Crippen molar-refractivity contribution in [1.29, 1.82) is 0 Å². The Morgan fingerprint density at radius 1 is 0.978 bits per heavy atom. The maximum Gasteiger partial charge on any atom is 0.337 e. The van der Waals surface area contributed by atoms with Crippen LogP contribution in [-0.4, -0.2) is 37.9 Å². The number of carboxylic acid groups (broad SMARTS) is 1. The third kappa shape index (κ3) is 5.61. The van der Waals surface area contributed by atoms with Gasteiger partial charge in [-0.05, 0) is 106 Å². The minimum Gasteiger partial charge on any atom is -0.493 e. The van der Waals surface area contributed by atoms with Crippen LogP contribution in [0, 0.1) is 6.92 Å². The van der Waals surface area contributed by atoms with Crippen molar-refractivity contribution < 1.29 is 19.4 Å². The van der Waals surface area contributed by atoms with Crippen LogP contribution in [0.5, 0.6) is 5.75 Å². The topological polar surface area (TPSA) is 86.0 Å². The lowest BCUT2D eigenvalue weighted by molar-refractivity contribution is -0.160. The number of hydrogen-bond donors (Lipinski definition) is 1. The average Bonchev–Trinajstić information content (AvgIpc) is 3.44. The highest BCUT2D eigenvalue weighted by Gasteiger charge is 2.34. The van der Waals surface area contributed by atoms with Crippen molar-refractivity contribution in [3.05, 3.63) is 95.2 Å². The Morgan fingerprint density at radius 2 is 1.80 bits per heavy atom. The Bertz CT molecular complexity index is 1920.